The third kappa shape index (κ3) is 3.06. The highest BCUT2D eigenvalue weighted by molar-refractivity contribution is 6.30. The Morgan fingerprint density at radius 2 is 1.70 bits per heavy atom. The molecule has 2 nitrogen and oxygen atoms in total. The van der Waals surface area contributed by atoms with Gasteiger partial charge in [-0.2, -0.15) is 5.26 Å². The highest BCUT2D eigenvalue weighted by atomic mass is 35.5. The van der Waals surface area contributed by atoms with Crippen LogP contribution in [0.3, 0.4) is 0 Å². The lowest BCUT2D eigenvalue weighted by atomic mass is 9.99. The summed E-state index contributed by atoms with van der Waals surface area (Å²) in [6.07, 6.45) is 1.89. The second kappa shape index (κ2) is 6.56. The lowest BCUT2D eigenvalue weighted by Crippen LogP contribution is -1.88. The van der Waals surface area contributed by atoms with E-state index in [-0.39, 0.29) is 0 Å². The highest BCUT2D eigenvalue weighted by Gasteiger charge is 2.07. The SMILES string of the molecule is COc1ccc(/C=C(/C#N)c2ccc(Cl)cc2)c2ccccc12. The molecule has 0 heterocycles. The molecule has 112 valence electrons. The maximum Gasteiger partial charge on any atom is 0.126 e. The summed E-state index contributed by atoms with van der Waals surface area (Å²) in [6, 6.07) is 21.4. The zero-order chi connectivity index (χ0) is 16.2. The first kappa shape index (κ1) is 15.1. The van der Waals surface area contributed by atoms with Crippen LogP contribution in [0.2, 0.25) is 5.02 Å². The average molecular weight is 320 g/mol. The number of methoxy groups -OCH3 is 1. The molecule has 3 aromatic carbocycles. The van der Waals surface area contributed by atoms with Crippen molar-refractivity contribution in [3.05, 3.63) is 76.8 Å². The van der Waals surface area contributed by atoms with Crippen LogP contribution in [0, 0.1) is 11.3 Å². The van der Waals surface area contributed by atoms with E-state index in [0.29, 0.717) is 10.6 Å². The van der Waals surface area contributed by atoms with Gasteiger partial charge in [-0.25, -0.2) is 0 Å². The molecule has 0 fully saturated rings. The second-order valence-electron chi connectivity index (χ2n) is 5.08. The molecule has 0 radical (unpaired) electrons. The standard InChI is InChI=1S/C20H14ClNO/c1-23-20-11-8-15(18-4-2-3-5-19(18)20)12-16(13-22)14-6-9-17(21)10-7-14/h2-12H,1H3/b16-12-. The highest BCUT2D eigenvalue weighted by Crippen LogP contribution is 2.30. The molecule has 0 saturated carbocycles. The topological polar surface area (TPSA) is 33.0 Å². The first-order valence-corrected chi connectivity index (χ1v) is 7.54. The number of nitriles is 1. The smallest absolute Gasteiger partial charge is 0.126 e. The summed E-state index contributed by atoms with van der Waals surface area (Å²) in [6.45, 7) is 0. The maximum atomic E-state index is 9.51. The van der Waals surface area contributed by atoms with Gasteiger partial charge in [-0.05, 0) is 40.8 Å². The van der Waals surface area contributed by atoms with Crippen LogP contribution in [-0.2, 0) is 0 Å². The number of hydrogen-bond donors (Lipinski definition) is 0. The quantitative estimate of drug-likeness (QED) is 0.467. The van der Waals surface area contributed by atoms with E-state index in [1.54, 1.807) is 19.2 Å². The molecule has 0 aliphatic carbocycles. The van der Waals surface area contributed by atoms with Gasteiger partial charge in [0.1, 0.15) is 5.75 Å². The molecule has 0 aliphatic rings. The largest absolute Gasteiger partial charge is 0.496 e. The second-order valence-corrected chi connectivity index (χ2v) is 5.52. The van der Waals surface area contributed by atoms with Crippen molar-refractivity contribution >= 4 is 34.0 Å². The Morgan fingerprint density at radius 3 is 2.35 bits per heavy atom. The number of rotatable bonds is 3. The molecule has 3 heteroatoms. The van der Waals surface area contributed by atoms with E-state index in [2.05, 4.69) is 6.07 Å². The Morgan fingerprint density at radius 1 is 1.00 bits per heavy atom. The van der Waals surface area contributed by atoms with Crippen LogP contribution < -0.4 is 4.74 Å². The predicted octanol–water partition coefficient (Wildman–Crippen LogP) is 5.57. The fourth-order valence-corrected chi connectivity index (χ4v) is 2.69. The molecule has 0 atom stereocenters. The summed E-state index contributed by atoms with van der Waals surface area (Å²) in [4.78, 5) is 0. The minimum Gasteiger partial charge on any atom is -0.496 e. The van der Waals surface area contributed by atoms with Crippen LogP contribution in [0.4, 0.5) is 0 Å². The van der Waals surface area contributed by atoms with E-state index >= 15 is 0 Å². The van der Waals surface area contributed by atoms with E-state index < -0.39 is 0 Å². The molecule has 0 saturated heterocycles. The van der Waals surface area contributed by atoms with E-state index in [1.165, 1.54) is 0 Å². The van der Waals surface area contributed by atoms with Crippen molar-refractivity contribution < 1.29 is 4.74 Å². The number of ether oxygens (including phenoxy) is 1. The van der Waals surface area contributed by atoms with E-state index in [1.807, 2.05) is 54.6 Å². The van der Waals surface area contributed by atoms with Gasteiger partial charge in [-0.3, -0.25) is 0 Å². The van der Waals surface area contributed by atoms with Crippen molar-refractivity contribution in [2.45, 2.75) is 0 Å². The Kier molecular flexibility index (Phi) is 4.32. The van der Waals surface area contributed by atoms with Gasteiger partial charge in [-0.1, -0.05) is 54.1 Å². The predicted molar refractivity (Wildman–Crippen MR) is 95.4 cm³/mol. The van der Waals surface area contributed by atoms with E-state index in [9.17, 15) is 5.26 Å². The molecule has 0 bridgehead atoms. The van der Waals surface area contributed by atoms with Crippen LogP contribution in [0.1, 0.15) is 11.1 Å². The molecular formula is C20H14ClNO. The maximum absolute atomic E-state index is 9.51. The van der Waals surface area contributed by atoms with Crippen molar-refractivity contribution in [1.82, 2.24) is 0 Å². The third-order valence-corrected chi connectivity index (χ3v) is 3.97. The molecule has 0 aromatic heterocycles. The fourth-order valence-electron chi connectivity index (χ4n) is 2.56. The number of halogens is 1. The normalized spacial score (nSPS) is 11.3. The van der Waals surface area contributed by atoms with Crippen molar-refractivity contribution in [2.24, 2.45) is 0 Å². The molecule has 23 heavy (non-hydrogen) atoms. The van der Waals surface area contributed by atoms with E-state index in [4.69, 9.17) is 16.3 Å². The third-order valence-electron chi connectivity index (χ3n) is 3.71. The van der Waals surface area contributed by atoms with Gasteiger partial charge in [0.15, 0.2) is 0 Å². The van der Waals surface area contributed by atoms with Crippen LogP contribution in [0.5, 0.6) is 5.75 Å². The summed E-state index contributed by atoms with van der Waals surface area (Å²) >= 11 is 5.91. The van der Waals surface area contributed by atoms with Crippen molar-refractivity contribution in [3.63, 3.8) is 0 Å². The summed E-state index contributed by atoms with van der Waals surface area (Å²) < 4.78 is 5.41. The van der Waals surface area contributed by atoms with Crippen molar-refractivity contribution in [1.29, 1.82) is 5.26 Å². The Bertz CT molecular complexity index is 921. The minimum absolute atomic E-state index is 0.594. The van der Waals surface area contributed by atoms with Crippen LogP contribution >= 0.6 is 11.6 Å². The molecule has 3 aromatic rings. The van der Waals surface area contributed by atoms with Crippen LogP contribution in [-0.4, -0.2) is 7.11 Å². The van der Waals surface area contributed by atoms with Gasteiger partial charge in [0.05, 0.1) is 18.8 Å². The molecule has 0 aliphatic heterocycles. The number of fused-ring (bicyclic) bond motifs is 1. The zero-order valence-electron chi connectivity index (χ0n) is 12.6. The van der Waals surface area contributed by atoms with Crippen LogP contribution in [0.25, 0.3) is 22.4 Å². The minimum atomic E-state index is 0.594. The molecular weight excluding hydrogens is 306 g/mol. The van der Waals surface area contributed by atoms with Gasteiger partial charge < -0.3 is 4.74 Å². The Hall–Kier alpha value is -2.76. The van der Waals surface area contributed by atoms with E-state index in [0.717, 1.165) is 27.6 Å². The summed E-state index contributed by atoms with van der Waals surface area (Å²) in [5.41, 5.74) is 2.42. The first-order valence-electron chi connectivity index (χ1n) is 7.16. The monoisotopic (exact) mass is 319 g/mol. The molecule has 0 N–H and O–H groups in total. The van der Waals surface area contributed by atoms with Crippen molar-refractivity contribution in [3.8, 4) is 11.8 Å². The number of allylic oxidation sites excluding steroid dienone is 1. The Labute approximate surface area is 140 Å². The number of hydrogen-bond acceptors (Lipinski definition) is 2. The molecule has 3 rings (SSSR count). The zero-order valence-corrected chi connectivity index (χ0v) is 13.3. The lowest BCUT2D eigenvalue weighted by molar-refractivity contribution is 0.420. The van der Waals surface area contributed by atoms with Gasteiger partial charge in [0, 0.05) is 10.4 Å². The molecule has 0 unspecified atom stereocenters. The Balaban J connectivity index is 2.16. The summed E-state index contributed by atoms with van der Waals surface area (Å²) in [5.74, 6) is 0.822. The van der Waals surface area contributed by atoms with Crippen molar-refractivity contribution in [2.75, 3.05) is 7.11 Å². The van der Waals surface area contributed by atoms with Crippen LogP contribution in [0.15, 0.2) is 60.7 Å². The number of nitrogens with zero attached hydrogens (tertiary/aromatic N) is 1. The lowest BCUT2D eigenvalue weighted by Gasteiger charge is -2.08. The summed E-state index contributed by atoms with van der Waals surface area (Å²) in [5, 5.41) is 12.2. The van der Waals surface area contributed by atoms with Gasteiger partial charge in [0.2, 0.25) is 0 Å². The fraction of sp³-hybridized carbons (Fsp3) is 0.0500. The summed E-state index contributed by atoms with van der Waals surface area (Å²) in [7, 11) is 1.66. The number of benzene rings is 3. The molecule has 0 spiro atoms. The molecule has 0 amide bonds. The average Bonchev–Trinajstić information content (AvgIpc) is 2.60. The van der Waals surface area contributed by atoms with Gasteiger partial charge >= 0.3 is 0 Å². The van der Waals surface area contributed by atoms with Gasteiger partial charge in [-0.15, -0.1) is 0 Å². The van der Waals surface area contributed by atoms with Gasteiger partial charge in [0.25, 0.3) is 0 Å². The first-order chi connectivity index (χ1) is 11.2.